The molecule has 1 N–H and O–H groups in total. The molecule has 1 rings (SSSR count). The zero-order chi connectivity index (χ0) is 21.3. The minimum absolute atomic E-state index is 0.0274. The van der Waals surface area contributed by atoms with Crippen molar-refractivity contribution in [3.05, 3.63) is 23.3 Å². The number of carbonyl (C=O) groups excluding carboxylic acids is 1. The van der Waals surface area contributed by atoms with E-state index in [0.29, 0.717) is 42.1 Å². The fraction of sp³-hybridized carbons (Fsp3) is 0.591. The smallest absolute Gasteiger partial charge is 0.342 e. The summed E-state index contributed by atoms with van der Waals surface area (Å²) in [6, 6.07) is 4.32. The van der Waals surface area contributed by atoms with Crippen molar-refractivity contribution in [3.63, 3.8) is 0 Å². The summed E-state index contributed by atoms with van der Waals surface area (Å²) in [6.45, 7) is 10.8. The highest BCUT2D eigenvalue weighted by atomic mass is 28.3. The van der Waals surface area contributed by atoms with Crippen LogP contribution in [0.4, 0.5) is 0 Å². The molecule has 0 bridgehead atoms. The van der Waals surface area contributed by atoms with Gasteiger partial charge in [-0.2, -0.15) is 0 Å². The molecule has 0 aliphatic heterocycles. The van der Waals surface area contributed by atoms with Gasteiger partial charge >= 0.3 is 5.97 Å². The van der Waals surface area contributed by atoms with Gasteiger partial charge in [-0.05, 0) is 36.9 Å². The highest BCUT2D eigenvalue weighted by molar-refractivity contribution is 6.76. The summed E-state index contributed by atoms with van der Waals surface area (Å²) < 4.78 is 16.3. The minimum atomic E-state index is -1.31. The Hall–Kier alpha value is -1.97. The minimum Gasteiger partial charge on any atom is -0.497 e. The summed E-state index contributed by atoms with van der Waals surface area (Å²) in [7, 11) is 1.75. The van der Waals surface area contributed by atoms with Crippen LogP contribution in [0.25, 0.3) is 0 Å². The largest absolute Gasteiger partial charge is 0.497 e. The van der Waals surface area contributed by atoms with Crippen molar-refractivity contribution in [2.24, 2.45) is 5.92 Å². The van der Waals surface area contributed by atoms with Crippen molar-refractivity contribution >= 4 is 14.0 Å². The molecule has 6 heteroatoms. The van der Waals surface area contributed by atoms with Crippen LogP contribution in [0.1, 0.15) is 36.2 Å². The van der Waals surface area contributed by atoms with Crippen molar-refractivity contribution in [2.75, 3.05) is 20.8 Å². The number of aliphatic hydroxyl groups is 1. The lowest BCUT2D eigenvalue weighted by molar-refractivity contribution is 0.0518. The molecule has 0 unspecified atom stereocenters. The van der Waals surface area contributed by atoms with Gasteiger partial charge in [-0.3, -0.25) is 0 Å². The van der Waals surface area contributed by atoms with Gasteiger partial charge in [-0.15, -0.1) is 11.8 Å². The Labute approximate surface area is 170 Å². The van der Waals surface area contributed by atoms with E-state index in [4.69, 9.17) is 14.2 Å². The number of ether oxygens (including phenoxy) is 3. The molecule has 0 aliphatic rings. The number of aliphatic hydroxyl groups excluding tert-OH is 1. The molecule has 0 heterocycles. The lowest BCUT2D eigenvalue weighted by atomic mass is 9.92. The van der Waals surface area contributed by atoms with Crippen LogP contribution in [0, 0.1) is 17.8 Å². The monoisotopic (exact) mass is 406 g/mol. The Balaban J connectivity index is 3.14. The predicted molar refractivity (Wildman–Crippen MR) is 115 cm³/mol. The normalized spacial score (nSPS) is 13.1. The molecule has 0 amide bonds. The van der Waals surface area contributed by atoms with E-state index in [2.05, 4.69) is 31.5 Å². The molecule has 2 atom stereocenters. The van der Waals surface area contributed by atoms with Gasteiger partial charge in [0.1, 0.15) is 17.1 Å². The molecule has 0 radical (unpaired) electrons. The molecule has 0 saturated carbocycles. The summed E-state index contributed by atoms with van der Waals surface area (Å²) in [5.74, 6) is 6.34. The predicted octanol–water partition coefficient (Wildman–Crippen LogP) is 4.15. The molecule has 0 saturated heterocycles. The van der Waals surface area contributed by atoms with Crippen molar-refractivity contribution in [1.82, 2.24) is 0 Å². The summed E-state index contributed by atoms with van der Waals surface area (Å²) >= 11 is 0. The maximum absolute atomic E-state index is 12.8. The van der Waals surface area contributed by atoms with Crippen molar-refractivity contribution < 1.29 is 24.1 Å². The second kappa shape index (κ2) is 11.1. The van der Waals surface area contributed by atoms with Crippen molar-refractivity contribution in [1.29, 1.82) is 0 Å². The molecule has 0 aliphatic carbocycles. The van der Waals surface area contributed by atoms with Crippen LogP contribution in [0.2, 0.25) is 25.7 Å². The van der Waals surface area contributed by atoms with Gasteiger partial charge in [-0.25, -0.2) is 4.79 Å². The van der Waals surface area contributed by atoms with Crippen LogP contribution in [0.5, 0.6) is 11.5 Å². The second-order valence-electron chi connectivity index (χ2n) is 8.19. The number of esters is 1. The average molecular weight is 407 g/mol. The van der Waals surface area contributed by atoms with E-state index in [-0.39, 0.29) is 5.92 Å². The summed E-state index contributed by atoms with van der Waals surface area (Å²) in [6.07, 6.45) is 0.235. The number of carbonyl (C=O) groups is 1. The third kappa shape index (κ3) is 7.57. The standard InChI is InChI=1S/C22H34O5Si/c1-8-9-10-16(2)19(23)14-17-13-18(25-3)15-20(26-4)21(17)22(24)27-11-12-28(5,6)7/h13,15-16,19,23H,10-12,14H2,1-7H3/t16-,19+/m0/s1. The van der Waals surface area contributed by atoms with E-state index in [0.717, 1.165) is 6.04 Å². The van der Waals surface area contributed by atoms with E-state index >= 15 is 0 Å². The van der Waals surface area contributed by atoms with E-state index in [1.54, 1.807) is 26.2 Å². The van der Waals surface area contributed by atoms with Gasteiger partial charge < -0.3 is 19.3 Å². The van der Waals surface area contributed by atoms with Gasteiger partial charge in [0.25, 0.3) is 0 Å². The first-order valence-corrected chi connectivity index (χ1v) is 13.3. The van der Waals surface area contributed by atoms with Gasteiger partial charge in [0, 0.05) is 20.6 Å². The first kappa shape index (κ1) is 24.1. The fourth-order valence-electron chi connectivity index (χ4n) is 2.66. The van der Waals surface area contributed by atoms with Crippen molar-refractivity contribution in [2.45, 2.75) is 58.5 Å². The number of hydrogen-bond donors (Lipinski definition) is 1. The van der Waals surface area contributed by atoms with E-state index in [1.807, 2.05) is 6.92 Å². The highest BCUT2D eigenvalue weighted by Gasteiger charge is 2.25. The Bertz CT molecular complexity index is 712. The van der Waals surface area contributed by atoms with E-state index in [9.17, 15) is 9.90 Å². The quantitative estimate of drug-likeness (QED) is 0.359. The lowest BCUT2D eigenvalue weighted by Crippen LogP contribution is -2.24. The molecule has 0 fully saturated rings. The van der Waals surface area contributed by atoms with Gasteiger partial charge in [0.2, 0.25) is 0 Å². The highest BCUT2D eigenvalue weighted by Crippen LogP contribution is 2.31. The number of methoxy groups -OCH3 is 2. The van der Waals surface area contributed by atoms with Crippen LogP contribution in [-0.4, -0.2) is 46.1 Å². The molecule has 28 heavy (non-hydrogen) atoms. The topological polar surface area (TPSA) is 65.0 Å². The third-order valence-electron chi connectivity index (χ3n) is 4.59. The Morgan fingerprint density at radius 3 is 2.43 bits per heavy atom. The van der Waals surface area contributed by atoms with Crippen molar-refractivity contribution in [3.8, 4) is 23.3 Å². The second-order valence-corrected chi connectivity index (χ2v) is 13.8. The number of rotatable bonds is 10. The molecule has 156 valence electrons. The van der Waals surface area contributed by atoms with E-state index in [1.165, 1.54) is 7.11 Å². The Morgan fingerprint density at radius 2 is 1.89 bits per heavy atom. The average Bonchev–Trinajstić information content (AvgIpc) is 2.63. The SMILES string of the molecule is CC#CC[C@H](C)[C@H](O)Cc1cc(OC)cc(OC)c1C(=O)OCC[Si](C)(C)C. The first-order chi connectivity index (χ1) is 13.1. The fourth-order valence-corrected chi connectivity index (χ4v) is 3.38. The van der Waals surface area contributed by atoms with Crippen LogP contribution >= 0.6 is 0 Å². The summed E-state index contributed by atoms with van der Waals surface area (Å²) in [5, 5.41) is 10.6. The zero-order valence-corrected chi connectivity index (χ0v) is 19.2. The van der Waals surface area contributed by atoms with Crippen LogP contribution in [0.15, 0.2) is 12.1 Å². The lowest BCUT2D eigenvalue weighted by Gasteiger charge is -2.21. The van der Waals surface area contributed by atoms with Gasteiger partial charge in [-0.1, -0.05) is 26.6 Å². The van der Waals surface area contributed by atoms with Gasteiger partial charge in [0.15, 0.2) is 0 Å². The summed E-state index contributed by atoms with van der Waals surface area (Å²) in [5.41, 5.74) is 1.00. The molecule has 0 spiro atoms. The molecule has 5 nitrogen and oxygen atoms in total. The molecule has 1 aromatic carbocycles. The molecule has 0 aromatic heterocycles. The molecule has 1 aromatic rings. The first-order valence-electron chi connectivity index (χ1n) is 9.62. The zero-order valence-electron chi connectivity index (χ0n) is 18.2. The molecular formula is C22H34O5Si. The summed E-state index contributed by atoms with van der Waals surface area (Å²) in [4.78, 5) is 12.8. The number of benzene rings is 1. The number of hydrogen-bond acceptors (Lipinski definition) is 5. The Kier molecular flexibility index (Phi) is 9.57. The van der Waals surface area contributed by atoms with Crippen LogP contribution in [-0.2, 0) is 11.2 Å². The van der Waals surface area contributed by atoms with Crippen LogP contribution < -0.4 is 9.47 Å². The maximum atomic E-state index is 12.8. The van der Waals surface area contributed by atoms with Crippen LogP contribution in [0.3, 0.4) is 0 Å². The third-order valence-corrected chi connectivity index (χ3v) is 6.29. The Morgan fingerprint density at radius 1 is 1.21 bits per heavy atom. The van der Waals surface area contributed by atoms with Gasteiger partial charge in [0.05, 0.1) is 26.9 Å². The molecular weight excluding hydrogens is 372 g/mol. The maximum Gasteiger partial charge on any atom is 0.342 e. The van der Waals surface area contributed by atoms with E-state index < -0.39 is 20.1 Å².